The molecule has 0 aliphatic heterocycles. The molecule has 0 amide bonds. The maximum atomic E-state index is 8.95. The zero-order chi connectivity index (χ0) is 12.3. The largest absolute Gasteiger partial charge is 0.396 e. The highest BCUT2D eigenvalue weighted by Crippen LogP contribution is 2.11. The van der Waals surface area contributed by atoms with Gasteiger partial charge in [0.1, 0.15) is 5.82 Å². The Morgan fingerprint density at radius 3 is 2.65 bits per heavy atom. The van der Waals surface area contributed by atoms with E-state index < -0.39 is 0 Å². The van der Waals surface area contributed by atoms with Gasteiger partial charge in [0.05, 0.1) is 10.4 Å². The minimum Gasteiger partial charge on any atom is -0.396 e. The van der Waals surface area contributed by atoms with Crippen LogP contribution in [0, 0.1) is 13.8 Å². The molecule has 0 aromatic carbocycles. The Balaban J connectivity index is 2.16. The van der Waals surface area contributed by atoms with E-state index in [0.717, 1.165) is 24.4 Å². The van der Waals surface area contributed by atoms with E-state index in [2.05, 4.69) is 27.0 Å². The van der Waals surface area contributed by atoms with Crippen LogP contribution in [0.25, 0.3) is 0 Å². The molecule has 0 atom stereocenters. The smallest absolute Gasteiger partial charge is 0.225 e. The molecule has 1 N–H and O–H groups in total. The molecule has 4 nitrogen and oxygen atoms in total. The summed E-state index contributed by atoms with van der Waals surface area (Å²) in [5.74, 6) is 0.793. The van der Waals surface area contributed by atoms with E-state index in [9.17, 15) is 0 Å². The average molecular weight is 250 g/mol. The summed E-state index contributed by atoms with van der Waals surface area (Å²) in [4.78, 5) is 9.61. The molecule has 0 spiro atoms. The fraction of sp³-hybridized carbons (Fsp3) is 0.417. The number of aryl methyl sites for hydroxylation is 1. The number of aliphatic hydroxyl groups excluding tert-OH is 1. The van der Waals surface area contributed by atoms with Crippen molar-refractivity contribution in [2.24, 2.45) is 0 Å². The van der Waals surface area contributed by atoms with Gasteiger partial charge in [-0.05, 0) is 6.92 Å². The van der Waals surface area contributed by atoms with Crippen LogP contribution in [0.1, 0.15) is 22.0 Å². The monoisotopic (exact) mass is 250 g/mol. The summed E-state index contributed by atoms with van der Waals surface area (Å²) in [5.41, 5.74) is 4.39. The molecule has 5 heteroatoms. The Bertz CT molecular complexity index is 493. The predicted octanol–water partition coefficient (Wildman–Crippen LogP) is 1.03. The van der Waals surface area contributed by atoms with Gasteiger partial charge in [-0.2, -0.15) is 4.57 Å². The molecule has 0 saturated carbocycles. The highest BCUT2D eigenvalue weighted by molar-refractivity contribution is 7.09. The molecule has 0 aliphatic carbocycles. The topological polar surface area (TPSA) is 49.9 Å². The van der Waals surface area contributed by atoms with Gasteiger partial charge in [-0.25, -0.2) is 9.97 Å². The van der Waals surface area contributed by atoms with E-state index in [1.807, 2.05) is 19.3 Å². The molecule has 2 rings (SSSR count). The second kappa shape index (κ2) is 5.33. The van der Waals surface area contributed by atoms with Crippen molar-refractivity contribution >= 4 is 11.3 Å². The molecule has 2 aromatic rings. The number of aliphatic hydroxyl groups is 1. The fourth-order valence-electron chi connectivity index (χ4n) is 1.65. The van der Waals surface area contributed by atoms with Crippen LogP contribution in [0.2, 0.25) is 0 Å². The van der Waals surface area contributed by atoms with Crippen LogP contribution in [0.3, 0.4) is 0 Å². The van der Waals surface area contributed by atoms with Gasteiger partial charge in [0.15, 0.2) is 12.2 Å². The highest BCUT2D eigenvalue weighted by atomic mass is 32.1. The van der Waals surface area contributed by atoms with Crippen LogP contribution in [-0.2, 0) is 13.0 Å². The predicted molar refractivity (Wildman–Crippen MR) is 65.9 cm³/mol. The summed E-state index contributed by atoms with van der Waals surface area (Å²) < 4.78 is 2.17. The molecule has 0 bridgehead atoms. The minimum atomic E-state index is 0.203. The molecular weight excluding hydrogens is 234 g/mol. The molecule has 17 heavy (non-hydrogen) atoms. The van der Waals surface area contributed by atoms with Crippen LogP contribution >= 0.6 is 11.3 Å². The molecule has 0 radical (unpaired) electrons. The first-order chi connectivity index (χ1) is 8.20. The molecule has 2 aromatic heterocycles. The van der Waals surface area contributed by atoms with Gasteiger partial charge < -0.3 is 5.11 Å². The first kappa shape index (κ1) is 12.1. The Morgan fingerprint density at radius 1 is 1.29 bits per heavy atom. The number of nitrogens with zero attached hydrogens (tertiary/aromatic N) is 3. The molecule has 0 aliphatic rings. The summed E-state index contributed by atoms with van der Waals surface area (Å²) in [6.45, 7) is 4.95. The second-order valence-corrected chi connectivity index (χ2v) is 4.91. The van der Waals surface area contributed by atoms with E-state index in [-0.39, 0.29) is 6.61 Å². The lowest BCUT2D eigenvalue weighted by atomic mass is 10.3. The van der Waals surface area contributed by atoms with E-state index in [0.29, 0.717) is 0 Å². The van der Waals surface area contributed by atoms with Crippen molar-refractivity contribution in [3.63, 3.8) is 0 Å². The quantitative estimate of drug-likeness (QED) is 0.824. The lowest BCUT2D eigenvalue weighted by molar-refractivity contribution is -0.689. The van der Waals surface area contributed by atoms with Crippen molar-refractivity contribution in [1.29, 1.82) is 0 Å². The third-order valence-electron chi connectivity index (χ3n) is 2.68. The molecule has 0 unspecified atom stereocenters. The Labute approximate surface area is 105 Å². The summed E-state index contributed by atoms with van der Waals surface area (Å²) in [6.07, 6.45) is 4.45. The van der Waals surface area contributed by atoms with Crippen molar-refractivity contribution in [3.05, 3.63) is 39.9 Å². The SMILES string of the molecule is Cc1ncc(C[n+]2csc(CCO)c2C)cn1. The molecule has 2 heterocycles. The molecule has 90 valence electrons. The Kier molecular flexibility index (Phi) is 3.81. The van der Waals surface area contributed by atoms with Gasteiger partial charge in [-0.1, -0.05) is 11.3 Å². The normalized spacial score (nSPS) is 10.8. The van der Waals surface area contributed by atoms with Crippen molar-refractivity contribution < 1.29 is 9.67 Å². The summed E-state index contributed by atoms with van der Waals surface area (Å²) in [5, 5.41) is 8.95. The lowest BCUT2D eigenvalue weighted by Gasteiger charge is -1.97. The number of rotatable bonds is 4. The van der Waals surface area contributed by atoms with Crippen LogP contribution in [0.15, 0.2) is 17.9 Å². The van der Waals surface area contributed by atoms with Gasteiger partial charge in [0, 0.05) is 32.3 Å². The summed E-state index contributed by atoms with van der Waals surface area (Å²) in [6, 6.07) is 0. The van der Waals surface area contributed by atoms with Gasteiger partial charge >= 0.3 is 0 Å². The van der Waals surface area contributed by atoms with Crippen molar-refractivity contribution in [1.82, 2.24) is 9.97 Å². The van der Waals surface area contributed by atoms with Crippen LogP contribution in [-0.4, -0.2) is 21.7 Å². The fourth-order valence-corrected chi connectivity index (χ4v) is 2.63. The zero-order valence-corrected chi connectivity index (χ0v) is 10.9. The van der Waals surface area contributed by atoms with Gasteiger partial charge in [-0.15, -0.1) is 0 Å². The third kappa shape index (κ3) is 2.87. The van der Waals surface area contributed by atoms with Crippen LogP contribution in [0.5, 0.6) is 0 Å². The number of hydrogen-bond acceptors (Lipinski definition) is 4. The summed E-state index contributed by atoms with van der Waals surface area (Å²) >= 11 is 1.69. The molecule has 0 fully saturated rings. The van der Waals surface area contributed by atoms with E-state index >= 15 is 0 Å². The molecular formula is C12H16N3OS+. The maximum absolute atomic E-state index is 8.95. The second-order valence-electron chi connectivity index (χ2n) is 3.97. The number of aromatic nitrogens is 3. The van der Waals surface area contributed by atoms with Crippen molar-refractivity contribution in [3.8, 4) is 0 Å². The maximum Gasteiger partial charge on any atom is 0.225 e. The van der Waals surface area contributed by atoms with Gasteiger partial charge in [0.25, 0.3) is 0 Å². The molecule has 0 saturated heterocycles. The summed E-state index contributed by atoms with van der Waals surface area (Å²) in [7, 11) is 0. The average Bonchev–Trinajstić information content (AvgIpc) is 2.65. The zero-order valence-electron chi connectivity index (χ0n) is 10.1. The first-order valence-corrected chi connectivity index (χ1v) is 6.43. The van der Waals surface area contributed by atoms with E-state index in [1.165, 1.54) is 10.6 Å². The first-order valence-electron chi connectivity index (χ1n) is 5.55. The minimum absolute atomic E-state index is 0.203. The lowest BCUT2D eigenvalue weighted by Crippen LogP contribution is -2.35. The Hall–Kier alpha value is -1.33. The highest BCUT2D eigenvalue weighted by Gasteiger charge is 2.15. The number of hydrogen-bond donors (Lipinski definition) is 1. The van der Waals surface area contributed by atoms with Crippen molar-refractivity contribution in [2.45, 2.75) is 26.8 Å². The third-order valence-corrected chi connectivity index (χ3v) is 3.83. The van der Waals surface area contributed by atoms with Crippen molar-refractivity contribution in [2.75, 3.05) is 6.61 Å². The van der Waals surface area contributed by atoms with E-state index in [4.69, 9.17) is 5.11 Å². The van der Waals surface area contributed by atoms with Crippen LogP contribution in [0.4, 0.5) is 0 Å². The Morgan fingerprint density at radius 2 is 2.00 bits per heavy atom. The van der Waals surface area contributed by atoms with Gasteiger partial charge in [0.2, 0.25) is 5.51 Å². The van der Waals surface area contributed by atoms with E-state index in [1.54, 1.807) is 11.3 Å². The number of thiazole rings is 1. The van der Waals surface area contributed by atoms with Gasteiger partial charge in [-0.3, -0.25) is 0 Å². The standard InChI is InChI=1S/C12H16N3OS/c1-9-12(3-4-16)17-8-15(9)7-11-5-13-10(2)14-6-11/h5-6,8,16H,3-4,7H2,1-2H3/q+1. The van der Waals surface area contributed by atoms with Crippen LogP contribution < -0.4 is 4.57 Å².